The van der Waals surface area contributed by atoms with Crippen molar-refractivity contribution in [2.45, 2.75) is 38.4 Å². The van der Waals surface area contributed by atoms with Gasteiger partial charge in [-0.05, 0) is 44.5 Å². The molecule has 156 valence electrons. The number of amides is 1. The Kier molecular flexibility index (Phi) is 7.77. The Bertz CT molecular complexity index is 692. The number of methoxy groups -OCH3 is 1. The quantitative estimate of drug-likeness (QED) is 0.722. The zero-order valence-electron chi connectivity index (χ0n) is 17.0. The largest absolute Gasteiger partial charge is 0.494 e. The zero-order chi connectivity index (χ0) is 20.8. The number of piperidine rings is 1. The second kappa shape index (κ2) is 9.84. The van der Waals surface area contributed by atoms with Gasteiger partial charge in [0.05, 0.1) is 19.7 Å². The van der Waals surface area contributed by atoms with Crippen LogP contribution in [-0.4, -0.2) is 84.6 Å². The van der Waals surface area contributed by atoms with E-state index in [0.29, 0.717) is 12.1 Å². The van der Waals surface area contributed by atoms with Crippen LogP contribution in [-0.2, 0) is 16.1 Å². The first-order valence-electron chi connectivity index (χ1n) is 9.46. The van der Waals surface area contributed by atoms with Gasteiger partial charge < -0.3 is 14.7 Å². The highest BCUT2D eigenvalue weighted by Gasteiger charge is 2.30. The highest BCUT2D eigenvalue weighted by molar-refractivity contribution is 5.81. The van der Waals surface area contributed by atoms with E-state index >= 15 is 0 Å². The minimum absolute atomic E-state index is 0.0198. The van der Waals surface area contributed by atoms with Gasteiger partial charge in [-0.1, -0.05) is 6.07 Å². The molecule has 0 spiro atoms. The van der Waals surface area contributed by atoms with Crippen LogP contribution in [0.15, 0.2) is 18.2 Å². The molecule has 1 aromatic rings. The summed E-state index contributed by atoms with van der Waals surface area (Å²) < 4.78 is 18.8. The van der Waals surface area contributed by atoms with Gasteiger partial charge in [-0.15, -0.1) is 0 Å². The Hall–Kier alpha value is -2.19. The van der Waals surface area contributed by atoms with Crippen molar-refractivity contribution in [1.29, 1.82) is 0 Å². The average Bonchev–Trinajstić information content (AvgIpc) is 2.66. The average molecular weight is 395 g/mol. The van der Waals surface area contributed by atoms with E-state index < -0.39 is 11.8 Å². The van der Waals surface area contributed by atoms with Gasteiger partial charge in [0, 0.05) is 32.7 Å². The molecule has 8 heteroatoms. The predicted molar refractivity (Wildman–Crippen MR) is 104 cm³/mol. The van der Waals surface area contributed by atoms with Crippen molar-refractivity contribution in [3.05, 3.63) is 29.6 Å². The van der Waals surface area contributed by atoms with Gasteiger partial charge in [0.1, 0.15) is 0 Å². The van der Waals surface area contributed by atoms with Crippen LogP contribution >= 0.6 is 0 Å². The van der Waals surface area contributed by atoms with Gasteiger partial charge in [-0.25, -0.2) is 4.39 Å². The molecule has 1 heterocycles. The number of hydrogen-bond acceptors (Lipinski definition) is 5. The van der Waals surface area contributed by atoms with E-state index in [1.54, 1.807) is 24.1 Å². The van der Waals surface area contributed by atoms with Crippen LogP contribution in [0.5, 0.6) is 5.75 Å². The standard InChI is InChI=1S/C20H30FN3O4/c1-14(24-9-7-16(8-10-24)22(2)13-19(25)26)20(27)23(3)12-15-5-6-18(28-4)17(21)11-15/h5-6,11,14,16H,7-10,12-13H2,1-4H3,(H,25,26). The van der Waals surface area contributed by atoms with Crippen molar-refractivity contribution in [2.75, 3.05) is 40.8 Å². The van der Waals surface area contributed by atoms with Crippen molar-refractivity contribution >= 4 is 11.9 Å². The molecule has 0 aromatic heterocycles. The number of carboxylic acid groups (broad SMARTS) is 1. The van der Waals surface area contributed by atoms with Crippen LogP contribution in [0.4, 0.5) is 4.39 Å². The zero-order valence-corrected chi connectivity index (χ0v) is 17.0. The lowest BCUT2D eigenvalue weighted by atomic mass is 10.0. The number of aliphatic carboxylic acids is 1. The molecule has 0 bridgehead atoms. The fourth-order valence-corrected chi connectivity index (χ4v) is 3.69. The molecule has 1 saturated heterocycles. The first-order valence-corrected chi connectivity index (χ1v) is 9.46. The molecule has 1 N–H and O–H groups in total. The van der Waals surface area contributed by atoms with E-state index in [1.165, 1.54) is 13.2 Å². The lowest BCUT2D eigenvalue weighted by molar-refractivity contribution is -0.138. The number of rotatable bonds is 8. The van der Waals surface area contributed by atoms with Gasteiger partial charge in [0.25, 0.3) is 0 Å². The molecule has 1 aliphatic heterocycles. The van der Waals surface area contributed by atoms with Crippen LogP contribution < -0.4 is 4.74 Å². The summed E-state index contributed by atoms with van der Waals surface area (Å²) in [4.78, 5) is 29.2. The van der Waals surface area contributed by atoms with E-state index in [-0.39, 0.29) is 30.3 Å². The van der Waals surface area contributed by atoms with Crippen molar-refractivity contribution in [3.8, 4) is 5.75 Å². The third-order valence-corrected chi connectivity index (χ3v) is 5.42. The molecule has 0 aliphatic carbocycles. The van der Waals surface area contributed by atoms with E-state index in [4.69, 9.17) is 9.84 Å². The molecule has 2 rings (SSSR count). The summed E-state index contributed by atoms with van der Waals surface area (Å²) in [5.74, 6) is -1.11. The monoisotopic (exact) mass is 395 g/mol. The predicted octanol–water partition coefficient (Wildman–Crippen LogP) is 1.66. The van der Waals surface area contributed by atoms with Crippen molar-refractivity contribution in [1.82, 2.24) is 14.7 Å². The Morgan fingerprint density at radius 1 is 1.32 bits per heavy atom. The van der Waals surface area contributed by atoms with Crippen LogP contribution in [0.25, 0.3) is 0 Å². The Labute approximate surface area is 165 Å². The number of nitrogens with zero attached hydrogens (tertiary/aromatic N) is 3. The third-order valence-electron chi connectivity index (χ3n) is 5.42. The van der Waals surface area contributed by atoms with Gasteiger partial charge in [0.2, 0.25) is 5.91 Å². The van der Waals surface area contributed by atoms with Crippen LogP contribution in [0.2, 0.25) is 0 Å². The minimum atomic E-state index is -0.829. The number of carbonyl (C=O) groups is 2. The second-order valence-electron chi connectivity index (χ2n) is 7.42. The maximum Gasteiger partial charge on any atom is 0.317 e. The maximum absolute atomic E-state index is 13.9. The summed E-state index contributed by atoms with van der Waals surface area (Å²) >= 11 is 0. The number of halogens is 1. The highest BCUT2D eigenvalue weighted by atomic mass is 19.1. The second-order valence-corrected chi connectivity index (χ2v) is 7.42. The number of likely N-dealkylation sites (N-methyl/N-ethyl adjacent to an activating group) is 2. The third kappa shape index (κ3) is 5.65. The van der Waals surface area contributed by atoms with Gasteiger partial charge >= 0.3 is 5.97 Å². The summed E-state index contributed by atoms with van der Waals surface area (Å²) in [6.07, 6.45) is 1.66. The highest BCUT2D eigenvalue weighted by Crippen LogP contribution is 2.20. The molecule has 1 unspecified atom stereocenters. The summed E-state index contributed by atoms with van der Waals surface area (Å²) in [6, 6.07) is 4.63. The molecule has 1 amide bonds. The van der Waals surface area contributed by atoms with Crippen LogP contribution in [0.3, 0.4) is 0 Å². The summed E-state index contributed by atoms with van der Waals surface area (Å²) in [5.41, 5.74) is 0.704. The molecule has 1 aliphatic rings. The normalized spacial score (nSPS) is 16.8. The van der Waals surface area contributed by atoms with Crippen molar-refractivity contribution in [3.63, 3.8) is 0 Å². The molecule has 0 radical (unpaired) electrons. The molecule has 1 fully saturated rings. The molecular formula is C20H30FN3O4. The molecule has 0 saturated carbocycles. The van der Waals surface area contributed by atoms with Gasteiger partial charge in [0.15, 0.2) is 11.6 Å². The number of likely N-dealkylation sites (tertiary alicyclic amines) is 1. The maximum atomic E-state index is 13.9. The molecular weight excluding hydrogens is 365 g/mol. The van der Waals surface area contributed by atoms with Crippen LogP contribution in [0.1, 0.15) is 25.3 Å². The number of carbonyl (C=O) groups excluding carboxylic acids is 1. The first-order chi connectivity index (χ1) is 13.2. The van der Waals surface area contributed by atoms with Gasteiger partial charge in [-0.2, -0.15) is 0 Å². The van der Waals surface area contributed by atoms with Crippen molar-refractivity contribution < 1.29 is 23.8 Å². The molecule has 7 nitrogen and oxygen atoms in total. The topological polar surface area (TPSA) is 73.3 Å². The summed E-state index contributed by atoms with van der Waals surface area (Å²) in [7, 11) is 4.96. The number of benzene rings is 1. The van der Waals surface area contributed by atoms with Crippen LogP contribution in [0, 0.1) is 5.82 Å². The lowest BCUT2D eigenvalue weighted by Gasteiger charge is -2.39. The molecule has 28 heavy (non-hydrogen) atoms. The smallest absolute Gasteiger partial charge is 0.317 e. The minimum Gasteiger partial charge on any atom is -0.494 e. The van der Waals surface area contributed by atoms with E-state index in [2.05, 4.69) is 4.90 Å². The van der Waals surface area contributed by atoms with E-state index in [1.807, 2.05) is 18.9 Å². The van der Waals surface area contributed by atoms with Crippen molar-refractivity contribution in [2.24, 2.45) is 0 Å². The summed E-state index contributed by atoms with van der Waals surface area (Å²) in [5, 5.41) is 8.92. The van der Waals surface area contributed by atoms with E-state index in [9.17, 15) is 14.0 Å². The first kappa shape index (κ1) is 22.1. The summed E-state index contributed by atoms with van der Waals surface area (Å²) in [6.45, 7) is 3.72. The Morgan fingerprint density at radius 3 is 2.50 bits per heavy atom. The Morgan fingerprint density at radius 2 is 1.96 bits per heavy atom. The fraction of sp³-hybridized carbons (Fsp3) is 0.600. The number of hydrogen-bond donors (Lipinski definition) is 1. The Balaban J connectivity index is 1.88. The number of carboxylic acids is 1. The number of ether oxygens (including phenoxy) is 1. The van der Waals surface area contributed by atoms with Gasteiger partial charge in [-0.3, -0.25) is 19.4 Å². The molecule has 1 atom stereocenters. The lowest BCUT2D eigenvalue weighted by Crippen LogP contribution is -2.51. The SMILES string of the molecule is COc1ccc(CN(C)C(=O)C(C)N2CCC(N(C)CC(=O)O)CC2)cc1F. The van der Waals surface area contributed by atoms with E-state index in [0.717, 1.165) is 25.9 Å². The fourth-order valence-electron chi connectivity index (χ4n) is 3.69. The molecule has 1 aromatic carbocycles.